The van der Waals surface area contributed by atoms with Crippen LogP contribution in [0.5, 0.6) is 5.75 Å². The monoisotopic (exact) mass is 332 g/mol. The molecule has 1 unspecified atom stereocenters. The second-order valence-corrected chi connectivity index (χ2v) is 5.19. The minimum Gasteiger partial charge on any atom is -0.406 e. The molecule has 1 fully saturated rings. The van der Waals surface area contributed by atoms with Gasteiger partial charge in [0, 0.05) is 24.8 Å². The second kappa shape index (κ2) is 7.18. The van der Waals surface area contributed by atoms with Gasteiger partial charge in [0.15, 0.2) is 0 Å². The Balaban J connectivity index is 2.14. The van der Waals surface area contributed by atoms with Crippen LogP contribution in [0.25, 0.3) is 0 Å². The van der Waals surface area contributed by atoms with Gasteiger partial charge in [-0.15, -0.1) is 13.2 Å². The highest BCUT2D eigenvalue weighted by Crippen LogP contribution is 2.30. The lowest BCUT2D eigenvalue weighted by Crippen LogP contribution is -2.43. The molecule has 2 rings (SSSR count). The molecular formula is C15H19F3N2O3. The van der Waals surface area contributed by atoms with Crippen molar-refractivity contribution in [3.8, 4) is 5.75 Å². The summed E-state index contributed by atoms with van der Waals surface area (Å²) in [6.45, 7) is 3.26. The van der Waals surface area contributed by atoms with E-state index >= 15 is 0 Å². The summed E-state index contributed by atoms with van der Waals surface area (Å²) < 4.78 is 40.8. The van der Waals surface area contributed by atoms with Crippen LogP contribution in [0.2, 0.25) is 0 Å². The van der Waals surface area contributed by atoms with Crippen molar-refractivity contribution in [2.45, 2.75) is 25.7 Å². The van der Waals surface area contributed by atoms with Gasteiger partial charge in [-0.2, -0.15) is 0 Å². The number of nitrogens with zero attached hydrogens (tertiary/aromatic N) is 2. The van der Waals surface area contributed by atoms with E-state index in [1.165, 1.54) is 23.1 Å². The molecule has 0 saturated carbocycles. The molecule has 0 radical (unpaired) electrons. The molecule has 0 aromatic heterocycles. The molecule has 0 aliphatic carbocycles. The number of hydrogen-bond acceptors (Lipinski definition) is 4. The number of benzene rings is 1. The van der Waals surface area contributed by atoms with Crippen molar-refractivity contribution in [3.63, 3.8) is 0 Å². The lowest BCUT2D eigenvalue weighted by molar-refractivity contribution is -0.274. The Bertz CT molecular complexity index is 551. The SMILES string of the molecule is CCN(CCO)C1CCN(c2cccc(OC(F)(F)F)c2)C1=O. The average molecular weight is 332 g/mol. The first kappa shape index (κ1) is 17.6. The zero-order valence-corrected chi connectivity index (χ0v) is 12.7. The van der Waals surface area contributed by atoms with Crippen LogP contribution in [0.4, 0.5) is 18.9 Å². The minimum absolute atomic E-state index is 0.0491. The lowest BCUT2D eigenvalue weighted by Gasteiger charge is -2.25. The van der Waals surface area contributed by atoms with Crippen LogP contribution in [0, 0.1) is 0 Å². The van der Waals surface area contributed by atoms with Crippen molar-refractivity contribution in [1.29, 1.82) is 0 Å². The van der Waals surface area contributed by atoms with E-state index in [9.17, 15) is 18.0 Å². The maximum atomic E-state index is 12.5. The van der Waals surface area contributed by atoms with Crippen molar-refractivity contribution < 1.29 is 27.8 Å². The highest BCUT2D eigenvalue weighted by molar-refractivity contribution is 5.99. The van der Waals surface area contributed by atoms with Crippen molar-refractivity contribution in [3.05, 3.63) is 24.3 Å². The Morgan fingerprint density at radius 3 is 2.78 bits per heavy atom. The van der Waals surface area contributed by atoms with E-state index in [1.54, 1.807) is 6.07 Å². The fourth-order valence-corrected chi connectivity index (χ4v) is 2.77. The third-order valence-corrected chi connectivity index (χ3v) is 3.77. The molecule has 1 N–H and O–H groups in total. The van der Waals surface area contributed by atoms with E-state index in [1.807, 2.05) is 11.8 Å². The van der Waals surface area contributed by atoms with E-state index in [2.05, 4.69) is 4.74 Å². The minimum atomic E-state index is -4.77. The summed E-state index contributed by atoms with van der Waals surface area (Å²) in [6.07, 6.45) is -4.20. The molecule has 1 heterocycles. The van der Waals surface area contributed by atoms with Crippen molar-refractivity contribution in [2.24, 2.45) is 0 Å². The fraction of sp³-hybridized carbons (Fsp3) is 0.533. The van der Waals surface area contributed by atoms with Crippen LogP contribution in [0.1, 0.15) is 13.3 Å². The number of rotatable bonds is 6. The van der Waals surface area contributed by atoms with Gasteiger partial charge < -0.3 is 14.7 Å². The number of ether oxygens (including phenoxy) is 1. The van der Waals surface area contributed by atoms with Gasteiger partial charge in [0.2, 0.25) is 5.91 Å². The number of alkyl halides is 3. The number of aliphatic hydroxyl groups is 1. The van der Waals surface area contributed by atoms with Crippen molar-refractivity contribution in [2.75, 3.05) is 31.1 Å². The number of halogens is 3. The Morgan fingerprint density at radius 1 is 1.43 bits per heavy atom. The zero-order valence-electron chi connectivity index (χ0n) is 12.7. The summed E-state index contributed by atoms with van der Waals surface area (Å²) in [7, 11) is 0. The van der Waals surface area contributed by atoms with Crippen LogP contribution >= 0.6 is 0 Å². The predicted molar refractivity (Wildman–Crippen MR) is 78.2 cm³/mol. The number of likely N-dealkylation sites (N-methyl/N-ethyl adjacent to an activating group) is 1. The standard InChI is InChI=1S/C15H19F3N2O3/c1-2-19(8-9-21)13-6-7-20(14(13)22)11-4-3-5-12(10-11)23-15(16,17)18/h3-5,10,13,21H,2,6-9H2,1H3. The Morgan fingerprint density at radius 2 is 2.17 bits per heavy atom. The van der Waals surface area contributed by atoms with Crippen molar-refractivity contribution >= 4 is 11.6 Å². The summed E-state index contributed by atoms with van der Waals surface area (Å²) in [5.41, 5.74) is 0.374. The van der Waals surface area contributed by atoms with Gasteiger partial charge in [-0.25, -0.2) is 0 Å². The maximum Gasteiger partial charge on any atom is 0.573 e. The molecule has 1 aliphatic heterocycles. The molecule has 0 bridgehead atoms. The molecule has 23 heavy (non-hydrogen) atoms. The van der Waals surface area contributed by atoms with Gasteiger partial charge in [-0.1, -0.05) is 13.0 Å². The second-order valence-electron chi connectivity index (χ2n) is 5.19. The molecular weight excluding hydrogens is 313 g/mol. The topological polar surface area (TPSA) is 53.0 Å². The van der Waals surface area contributed by atoms with E-state index in [0.29, 0.717) is 31.7 Å². The third kappa shape index (κ3) is 4.35. The number of carbonyl (C=O) groups excluding carboxylic acids is 1. The summed E-state index contributed by atoms with van der Waals surface area (Å²) in [5, 5.41) is 9.05. The molecule has 1 atom stereocenters. The van der Waals surface area contributed by atoms with Gasteiger partial charge >= 0.3 is 6.36 Å². The number of carbonyl (C=O) groups is 1. The van der Waals surface area contributed by atoms with E-state index < -0.39 is 6.36 Å². The molecule has 1 saturated heterocycles. The molecule has 1 aromatic carbocycles. The fourth-order valence-electron chi connectivity index (χ4n) is 2.77. The molecule has 1 amide bonds. The summed E-state index contributed by atoms with van der Waals surface area (Å²) >= 11 is 0. The van der Waals surface area contributed by atoms with Crippen molar-refractivity contribution in [1.82, 2.24) is 4.90 Å². The largest absolute Gasteiger partial charge is 0.573 e. The van der Waals surface area contributed by atoms with E-state index in [-0.39, 0.29) is 24.3 Å². The van der Waals surface area contributed by atoms with Crippen LogP contribution < -0.4 is 9.64 Å². The molecule has 1 aromatic rings. The smallest absolute Gasteiger partial charge is 0.406 e. The summed E-state index contributed by atoms with van der Waals surface area (Å²) in [4.78, 5) is 15.8. The highest BCUT2D eigenvalue weighted by atomic mass is 19.4. The Labute approximate surface area is 132 Å². The first-order valence-electron chi connectivity index (χ1n) is 7.38. The van der Waals surface area contributed by atoms with Crippen LogP contribution in [-0.2, 0) is 4.79 Å². The van der Waals surface area contributed by atoms with Gasteiger partial charge in [0.05, 0.1) is 12.6 Å². The number of anilines is 1. The maximum absolute atomic E-state index is 12.5. The van der Waals surface area contributed by atoms with Crippen LogP contribution in [-0.4, -0.2) is 54.6 Å². The summed E-state index contributed by atoms with van der Waals surface area (Å²) in [6, 6.07) is 5.03. The average Bonchev–Trinajstić information content (AvgIpc) is 2.85. The van der Waals surface area contributed by atoms with E-state index in [0.717, 1.165) is 0 Å². The predicted octanol–water partition coefficient (Wildman–Crippen LogP) is 2.00. The molecule has 5 nitrogen and oxygen atoms in total. The summed E-state index contributed by atoms with van der Waals surface area (Å²) in [5.74, 6) is -0.529. The quantitative estimate of drug-likeness (QED) is 0.866. The van der Waals surface area contributed by atoms with Crippen LogP contribution in [0.3, 0.4) is 0 Å². The molecule has 1 aliphatic rings. The highest BCUT2D eigenvalue weighted by Gasteiger charge is 2.36. The van der Waals surface area contributed by atoms with Gasteiger partial charge in [0.25, 0.3) is 0 Å². The van der Waals surface area contributed by atoms with Gasteiger partial charge in [0.1, 0.15) is 5.75 Å². The lowest BCUT2D eigenvalue weighted by atomic mass is 10.2. The van der Waals surface area contributed by atoms with E-state index in [4.69, 9.17) is 5.11 Å². The molecule has 0 spiro atoms. The van der Waals surface area contributed by atoms with Crippen LogP contribution in [0.15, 0.2) is 24.3 Å². The third-order valence-electron chi connectivity index (χ3n) is 3.77. The van der Waals surface area contributed by atoms with Gasteiger partial charge in [-0.05, 0) is 25.1 Å². The number of hydrogen-bond donors (Lipinski definition) is 1. The number of aliphatic hydroxyl groups excluding tert-OH is 1. The Hall–Kier alpha value is -1.80. The Kier molecular flexibility index (Phi) is 5.48. The molecule has 8 heteroatoms. The first-order valence-corrected chi connectivity index (χ1v) is 7.38. The van der Waals surface area contributed by atoms with Gasteiger partial charge in [-0.3, -0.25) is 9.69 Å². The number of amides is 1. The first-order chi connectivity index (χ1) is 10.9. The zero-order chi connectivity index (χ0) is 17.0. The molecule has 128 valence electrons. The normalized spacial score (nSPS) is 18.8.